The largest absolute Gasteiger partial charge is 0.391 e. The van der Waals surface area contributed by atoms with Gasteiger partial charge in [0.15, 0.2) is 8.68 Å². The number of nitrogens with zero attached hydrogens (tertiary/aromatic N) is 3. The van der Waals surface area contributed by atoms with Gasteiger partial charge in [0.2, 0.25) is 0 Å². The Morgan fingerprint density at radius 3 is 2.93 bits per heavy atom. The monoisotopic (exact) mass is 265 g/mol. The first kappa shape index (κ1) is 10.3. The van der Waals surface area contributed by atoms with E-state index in [-0.39, 0.29) is 6.61 Å². The molecule has 4 nitrogen and oxygen atoms in total. The molecule has 0 unspecified atom stereocenters. The zero-order chi connectivity index (χ0) is 9.97. The Hall–Kier alpha value is -0.210. The number of rotatable bonds is 3. The van der Waals surface area contributed by atoms with Crippen LogP contribution < -0.4 is 0 Å². The van der Waals surface area contributed by atoms with E-state index in [0.29, 0.717) is 10.0 Å². The van der Waals surface area contributed by atoms with E-state index < -0.39 is 0 Å². The Bertz CT molecular complexity index is 416. The van der Waals surface area contributed by atoms with Crippen LogP contribution in [-0.2, 0) is 6.61 Å². The molecule has 2 aromatic heterocycles. The van der Waals surface area contributed by atoms with Crippen molar-refractivity contribution < 1.29 is 5.11 Å². The molecule has 0 saturated carbocycles. The lowest BCUT2D eigenvalue weighted by Crippen LogP contribution is -1.75. The van der Waals surface area contributed by atoms with Crippen LogP contribution in [0.5, 0.6) is 0 Å². The molecule has 0 spiro atoms. The summed E-state index contributed by atoms with van der Waals surface area (Å²) in [6.45, 7) is -0.0762. The lowest BCUT2D eigenvalue weighted by molar-refractivity contribution is 0.285. The maximum atomic E-state index is 8.91. The molecule has 0 bridgehead atoms. The number of hydrogen-bond acceptors (Lipinski definition) is 7. The Kier molecular flexibility index (Phi) is 3.34. The van der Waals surface area contributed by atoms with Crippen LogP contribution >= 0.6 is 46.2 Å². The molecule has 74 valence electrons. The molecule has 14 heavy (non-hydrogen) atoms. The Labute approximate surface area is 97.2 Å². The maximum absolute atomic E-state index is 8.91. The second-order valence-electron chi connectivity index (χ2n) is 2.16. The summed E-state index contributed by atoms with van der Waals surface area (Å²) in [4.78, 5) is 8.77. The minimum Gasteiger partial charge on any atom is -0.391 e. The summed E-state index contributed by atoms with van der Waals surface area (Å²) in [5.41, 5.74) is 0. The third kappa shape index (κ3) is 2.23. The SMILES string of the molecule is OCc1sc(Sc2ncns2)nc1Cl. The molecular weight excluding hydrogens is 262 g/mol. The van der Waals surface area contributed by atoms with Crippen molar-refractivity contribution in [2.75, 3.05) is 0 Å². The second-order valence-corrected chi connectivity index (χ2v) is 5.88. The van der Waals surface area contributed by atoms with E-state index in [9.17, 15) is 0 Å². The van der Waals surface area contributed by atoms with E-state index >= 15 is 0 Å². The van der Waals surface area contributed by atoms with Gasteiger partial charge in [-0.2, -0.15) is 4.37 Å². The van der Waals surface area contributed by atoms with Gasteiger partial charge in [-0.15, -0.1) is 11.3 Å². The fraction of sp³-hybridized carbons (Fsp3) is 0.167. The first-order valence-electron chi connectivity index (χ1n) is 3.50. The van der Waals surface area contributed by atoms with Gasteiger partial charge in [-0.05, 0) is 23.3 Å². The average Bonchev–Trinajstić information content (AvgIpc) is 2.76. The van der Waals surface area contributed by atoms with Gasteiger partial charge < -0.3 is 5.11 Å². The van der Waals surface area contributed by atoms with E-state index in [2.05, 4.69) is 14.3 Å². The zero-order valence-corrected chi connectivity index (χ0v) is 9.88. The molecule has 0 fully saturated rings. The van der Waals surface area contributed by atoms with Gasteiger partial charge in [0.25, 0.3) is 0 Å². The molecule has 0 atom stereocenters. The summed E-state index contributed by atoms with van der Waals surface area (Å²) in [7, 11) is 0. The van der Waals surface area contributed by atoms with Crippen LogP contribution in [-0.4, -0.2) is 19.4 Å². The highest BCUT2D eigenvalue weighted by Gasteiger charge is 2.10. The van der Waals surface area contributed by atoms with Crippen LogP contribution in [0.1, 0.15) is 4.88 Å². The molecule has 0 radical (unpaired) electrons. The van der Waals surface area contributed by atoms with Crippen molar-refractivity contribution in [3.63, 3.8) is 0 Å². The van der Waals surface area contributed by atoms with Crippen LogP contribution in [0.4, 0.5) is 0 Å². The first-order valence-corrected chi connectivity index (χ1v) is 6.28. The third-order valence-electron chi connectivity index (χ3n) is 1.29. The Morgan fingerprint density at radius 1 is 1.50 bits per heavy atom. The zero-order valence-electron chi connectivity index (χ0n) is 6.68. The van der Waals surface area contributed by atoms with Crippen LogP contribution in [0.3, 0.4) is 0 Å². The summed E-state index contributed by atoms with van der Waals surface area (Å²) in [6.07, 6.45) is 1.50. The number of aliphatic hydroxyl groups is 1. The molecule has 2 heterocycles. The van der Waals surface area contributed by atoms with Crippen molar-refractivity contribution in [1.29, 1.82) is 0 Å². The van der Waals surface area contributed by atoms with Gasteiger partial charge in [-0.1, -0.05) is 11.6 Å². The fourth-order valence-electron chi connectivity index (χ4n) is 0.737. The number of hydrogen-bond donors (Lipinski definition) is 1. The van der Waals surface area contributed by atoms with E-state index in [1.54, 1.807) is 0 Å². The summed E-state index contributed by atoms with van der Waals surface area (Å²) < 4.78 is 5.47. The van der Waals surface area contributed by atoms with E-state index in [1.165, 1.54) is 41.0 Å². The Morgan fingerprint density at radius 2 is 2.36 bits per heavy atom. The minimum atomic E-state index is -0.0762. The van der Waals surface area contributed by atoms with Gasteiger partial charge in [0, 0.05) is 0 Å². The molecule has 0 amide bonds. The van der Waals surface area contributed by atoms with Crippen molar-refractivity contribution in [2.24, 2.45) is 0 Å². The van der Waals surface area contributed by atoms with Gasteiger partial charge in [-0.25, -0.2) is 9.97 Å². The first-order chi connectivity index (χ1) is 6.79. The lowest BCUT2D eigenvalue weighted by Gasteiger charge is -1.86. The van der Waals surface area contributed by atoms with Crippen LogP contribution in [0, 0.1) is 0 Å². The van der Waals surface area contributed by atoms with Gasteiger partial charge in [0.1, 0.15) is 11.5 Å². The molecule has 0 aliphatic rings. The average molecular weight is 266 g/mol. The molecule has 0 aliphatic heterocycles. The van der Waals surface area contributed by atoms with Crippen molar-refractivity contribution >= 4 is 46.2 Å². The molecular formula is C6H4ClN3OS3. The van der Waals surface area contributed by atoms with Crippen molar-refractivity contribution in [2.45, 2.75) is 15.3 Å². The lowest BCUT2D eigenvalue weighted by atomic mass is 10.6. The van der Waals surface area contributed by atoms with Crippen LogP contribution in [0.15, 0.2) is 15.0 Å². The third-order valence-corrected chi connectivity index (χ3v) is 4.53. The second kappa shape index (κ2) is 4.54. The summed E-state index contributed by atoms with van der Waals surface area (Å²) in [5, 5.41) is 9.27. The van der Waals surface area contributed by atoms with E-state index in [0.717, 1.165) is 8.68 Å². The number of aromatic nitrogens is 3. The summed E-state index contributed by atoms with van der Waals surface area (Å²) in [5.74, 6) is 0. The molecule has 8 heteroatoms. The predicted molar refractivity (Wildman–Crippen MR) is 57.1 cm³/mol. The summed E-state index contributed by atoms with van der Waals surface area (Å²) in [6, 6.07) is 0. The standard InChI is InChI=1S/C6H4ClN3OS3/c7-4-3(1-11)12-6(10-4)13-5-8-2-9-14-5/h2,11H,1H2. The highest BCUT2D eigenvalue weighted by Crippen LogP contribution is 2.34. The summed E-state index contributed by atoms with van der Waals surface area (Å²) >= 11 is 9.85. The fourth-order valence-corrected chi connectivity index (χ4v) is 3.68. The van der Waals surface area contributed by atoms with E-state index in [1.807, 2.05) is 0 Å². The highest BCUT2D eigenvalue weighted by atomic mass is 35.5. The van der Waals surface area contributed by atoms with Crippen molar-refractivity contribution in [3.8, 4) is 0 Å². The number of thiazole rings is 1. The predicted octanol–water partition coefficient (Wildman–Crippen LogP) is 2.29. The van der Waals surface area contributed by atoms with Gasteiger partial charge in [0.05, 0.1) is 11.5 Å². The quantitative estimate of drug-likeness (QED) is 0.923. The highest BCUT2D eigenvalue weighted by molar-refractivity contribution is 8.02. The van der Waals surface area contributed by atoms with Crippen LogP contribution in [0.25, 0.3) is 0 Å². The van der Waals surface area contributed by atoms with Gasteiger partial charge in [-0.3, -0.25) is 0 Å². The topological polar surface area (TPSA) is 58.9 Å². The van der Waals surface area contributed by atoms with E-state index in [4.69, 9.17) is 16.7 Å². The molecule has 2 rings (SSSR count). The minimum absolute atomic E-state index is 0.0762. The van der Waals surface area contributed by atoms with Crippen molar-refractivity contribution in [1.82, 2.24) is 14.3 Å². The molecule has 0 saturated heterocycles. The van der Waals surface area contributed by atoms with Crippen LogP contribution in [0.2, 0.25) is 5.15 Å². The maximum Gasteiger partial charge on any atom is 0.176 e. The number of halogens is 1. The van der Waals surface area contributed by atoms with Crippen molar-refractivity contribution in [3.05, 3.63) is 16.4 Å². The normalized spacial score (nSPS) is 10.7. The molecule has 0 aliphatic carbocycles. The number of aliphatic hydroxyl groups excluding tert-OH is 1. The molecule has 2 aromatic rings. The molecule has 1 N–H and O–H groups in total. The molecule has 0 aromatic carbocycles. The Balaban J connectivity index is 2.17. The smallest absolute Gasteiger partial charge is 0.176 e. The van der Waals surface area contributed by atoms with Gasteiger partial charge >= 0.3 is 0 Å².